The van der Waals surface area contributed by atoms with Crippen molar-refractivity contribution in [1.29, 1.82) is 0 Å². The number of fused-ring (bicyclic) bond motifs is 6. The maximum Gasteiger partial charge on any atom is 0.407 e. The number of nitrogens with zero attached hydrogens (tertiary/aromatic N) is 4. The molecule has 5 aromatic rings. The number of likely N-dealkylation sites (tertiary alicyclic amines) is 1. The maximum atomic E-state index is 13.9. The van der Waals surface area contributed by atoms with Crippen molar-refractivity contribution in [2.75, 3.05) is 20.1 Å². The minimum atomic E-state index is -1.11. The first-order valence-electron chi connectivity index (χ1n) is 17.3. The molecular formula is C38H43N7O4. The van der Waals surface area contributed by atoms with Crippen LogP contribution in [-0.2, 0) is 11.4 Å². The van der Waals surface area contributed by atoms with Crippen LogP contribution >= 0.6 is 0 Å². The first kappa shape index (κ1) is 31.4. The quantitative estimate of drug-likeness (QED) is 0.156. The standard InChI is InChI=1S/C38H43N7O4/c1-19(2)34(44(5)38(47)48)37(46)45-17-21(4)11-31(45)36-41-28-9-7-22-13-27-25-8-6-23(30-16-40-35(42-30)29-10-20(3)15-39-29)12-24(25)18-49-32(27)14-26(22)33(28)43-36/h6-9,12-14,16,19-21,29,31,34,39H,10-11,15,17-18H2,1-5H3,(H,40,42)(H,41,43)(H,47,48)/t20-,21-,29-,31-,34-/m0/s1. The summed E-state index contributed by atoms with van der Waals surface area (Å²) < 4.78 is 6.38. The molecule has 2 amide bonds. The highest BCUT2D eigenvalue weighted by atomic mass is 16.5. The molecule has 0 radical (unpaired) electrons. The van der Waals surface area contributed by atoms with Crippen molar-refractivity contribution in [3.8, 4) is 28.1 Å². The number of rotatable bonds is 6. The van der Waals surface area contributed by atoms with E-state index in [1.54, 1.807) is 0 Å². The molecule has 0 saturated carbocycles. The van der Waals surface area contributed by atoms with E-state index in [1.165, 1.54) is 7.05 Å². The first-order chi connectivity index (χ1) is 23.5. The van der Waals surface area contributed by atoms with Crippen LogP contribution in [0.2, 0.25) is 0 Å². The second-order valence-corrected chi connectivity index (χ2v) is 14.7. The molecule has 11 heteroatoms. The maximum absolute atomic E-state index is 13.9. The highest BCUT2D eigenvalue weighted by molar-refractivity contribution is 6.07. The number of aromatic amines is 2. The zero-order chi connectivity index (χ0) is 34.1. The summed E-state index contributed by atoms with van der Waals surface area (Å²) in [5.74, 6) is 3.08. The van der Waals surface area contributed by atoms with Gasteiger partial charge < -0.3 is 30.0 Å². The van der Waals surface area contributed by atoms with Gasteiger partial charge in [-0.2, -0.15) is 0 Å². The van der Waals surface area contributed by atoms with E-state index in [-0.39, 0.29) is 29.8 Å². The van der Waals surface area contributed by atoms with Gasteiger partial charge in [-0.3, -0.25) is 9.69 Å². The van der Waals surface area contributed by atoms with Crippen molar-refractivity contribution in [2.24, 2.45) is 17.8 Å². The second-order valence-electron chi connectivity index (χ2n) is 14.7. The number of amides is 2. The van der Waals surface area contributed by atoms with Crippen LogP contribution in [0.25, 0.3) is 44.2 Å². The lowest BCUT2D eigenvalue weighted by Crippen LogP contribution is -2.51. The van der Waals surface area contributed by atoms with Crippen molar-refractivity contribution < 1.29 is 19.4 Å². The number of carbonyl (C=O) groups excluding carboxylic acids is 1. The minimum absolute atomic E-state index is 0.172. The van der Waals surface area contributed by atoms with Crippen LogP contribution in [0.5, 0.6) is 5.75 Å². The fourth-order valence-corrected chi connectivity index (χ4v) is 8.15. The normalized spacial score (nSPS) is 22.4. The van der Waals surface area contributed by atoms with Crippen molar-refractivity contribution in [1.82, 2.24) is 35.1 Å². The molecule has 11 nitrogen and oxygen atoms in total. The topological polar surface area (TPSA) is 139 Å². The molecule has 254 valence electrons. The average Bonchev–Trinajstić information content (AvgIpc) is 3.89. The number of likely N-dealkylation sites (N-methyl/N-ethyl adjacent to an activating group) is 1. The summed E-state index contributed by atoms with van der Waals surface area (Å²) in [4.78, 5) is 45.4. The van der Waals surface area contributed by atoms with E-state index in [9.17, 15) is 14.7 Å². The predicted molar refractivity (Wildman–Crippen MR) is 188 cm³/mol. The Bertz CT molecular complexity index is 2100. The summed E-state index contributed by atoms with van der Waals surface area (Å²) in [6.07, 6.45) is 2.65. The summed E-state index contributed by atoms with van der Waals surface area (Å²) in [6, 6.07) is 14.2. The third-order valence-electron chi connectivity index (χ3n) is 10.7. The number of imidazole rings is 2. The van der Waals surface area contributed by atoms with Crippen molar-refractivity contribution in [2.45, 2.75) is 65.3 Å². The fraction of sp³-hybridized carbons (Fsp3) is 0.421. The number of hydrogen-bond donors (Lipinski definition) is 4. The van der Waals surface area contributed by atoms with E-state index in [4.69, 9.17) is 9.72 Å². The summed E-state index contributed by atoms with van der Waals surface area (Å²) in [6.45, 7) is 10.2. The van der Waals surface area contributed by atoms with E-state index in [0.29, 0.717) is 19.1 Å². The Morgan fingerprint density at radius 1 is 1.02 bits per heavy atom. The molecule has 2 saturated heterocycles. The molecular weight excluding hydrogens is 618 g/mol. The lowest BCUT2D eigenvalue weighted by Gasteiger charge is -2.33. The zero-order valence-corrected chi connectivity index (χ0v) is 28.6. The van der Waals surface area contributed by atoms with Crippen LogP contribution < -0.4 is 10.1 Å². The lowest BCUT2D eigenvalue weighted by molar-refractivity contribution is -0.138. The van der Waals surface area contributed by atoms with Crippen LogP contribution in [0.1, 0.15) is 69.8 Å². The average molecular weight is 662 g/mol. The van der Waals surface area contributed by atoms with E-state index in [2.05, 4.69) is 70.5 Å². The third kappa shape index (κ3) is 5.40. The molecule has 4 N–H and O–H groups in total. The van der Waals surface area contributed by atoms with E-state index >= 15 is 0 Å². The number of carboxylic acid groups (broad SMARTS) is 1. The van der Waals surface area contributed by atoms with E-state index in [0.717, 1.165) is 91.4 Å². The Morgan fingerprint density at radius 2 is 1.86 bits per heavy atom. The molecule has 3 aliphatic heterocycles. The summed E-state index contributed by atoms with van der Waals surface area (Å²) >= 11 is 0. The molecule has 0 spiro atoms. The van der Waals surface area contributed by atoms with Gasteiger partial charge >= 0.3 is 6.09 Å². The van der Waals surface area contributed by atoms with Crippen molar-refractivity contribution in [3.63, 3.8) is 0 Å². The van der Waals surface area contributed by atoms with Crippen LogP contribution in [0.15, 0.2) is 48.7 Å². The Kier molecular flexibility index (Phi) is 7.62. The van der Waals surface area contributed by atoms with Crippen LogP contribution in [0.3, 0.4) is 0 Å². The van der Waals surface area contributed by atoms with Gasteiger partial charge in [0.05, 0.1) is 35.0 Å². The first-order valence-corrected chi connectivity index (χ1v) is 17.3. The molecule has 3 aliphatic rings. The summed E-state index contributed by atoms with van der Waals surface area (Å²) in [7, 11) is 1.47. The van der Waals surface area contributed by atoms with Crippen LogP contribution in [0, 0.1) is 17.8 Å². The monoisotopic (exact) mass is 661 g/mol. The van der Waals surface area contributed by atoms with Gasteiger partial charge in [-0.15, -0.1) is 0 Å². The van der Waals surface area contributed by atoms with E-state index < -0.39 is 12.1 Å². The number of benzene rings is 3. The molecule has 0 bridgehead atoms. The smallest absolute Gasteiger partial charge is 0.407 e. The van der Waals surface area contributed by atoms with Crippen molar-refractivity contribution in [3.05, 3.63) is 65.9 Å². The molecule has 2 fully saturated rings. The van der Waals surface area contributed by atoms with Gasteiger partial charge in [-0.25, -0.2) is 14.8 Å². The SMILES string of the molecule is CC(C)[C@@H](C(=O)N1C[C@@H](C)C[C@H]1c1nc2ccc3cc4c(cc3c2[nH]1)OCc1cc(-c2cnc([C@@H]3C[C@H](C)CN3)[nH]2)ccc1-4)N(C)C(=O)O. The number of H-pyrrole nitrogens is 2. The molecule has 49 heavy (non-hydrogen) atoms. The molecule has 8 rings (SSSR count). The molecule has 5 atom stereocenters. The zero-order valence-electron chi connectivity index (χ0n) is 28.6. The van der Waals surface area contributed by atoms with Crippen LogP contribution in [-0.4, -0.2) is 73.0 Å². The lowest BCUT2D eigenvalue weighted by atomic mass is 9.92. The third-order valence-corrected chi connectivity index (χ3v) is 10.7. The highest BCUT2D eigenvalue weighted by Gasteiger charge is 2.42. The molecule has 2 aromatic heterocycles. The Balaban J connectivity index is 1.10. The van der Waals surface area contributed by atoms with E-state index in [1.807, 2.05) is 31.0 Å². The number of carbonyl (C=O) groups is 2. The van der Waals surface area contributed by atoms with Crippen LogP contribution in [0.4, 0.5) is 4.79 Å². The second kappa shape index (κ2) is 11.9. The van der Waals surface area contributed by atoms with Gasteiger partial charge in [0.25, 0.3) is 0 Å². The Labute approximate surface area is 285 Å². The largest absolute Gasteiger partial charge is 0.488 e. The number of nitrogens with one attached hydrogen (secondary N) is 3. The van der Waals surface area contributed by atoms with Gasteiger partial charge in [0.15, 0.2) is 0 Å². The van der Waals surface area contributed by atoms with Gasteiger partial charge in [0, 0.05) is 24.5 Å². The molecule has 5 heterocycles. The number of ether oxygens (including phenoxy) is 1. The summed E-state index contributed by atoms with van der Waals surface area (Å²) in [5.41, 5.74) is 7.15. The number of hydrogen-bond acceptors (Lipinski definition) is 6. The fourth-order valence-electron chi connectivity index (χ4n) is 8.15. The molecule has 0 unspecified atom stereocenters. The van der Waals surface area contributed by atoms with Crippen molar-refractivity contribution >= 4 is 33.8 Å². The summed E-state index contributed by atoms with van der Waals surface area (Å²) in [5, 5.41) is 15.3. The van der Waals surface area contributed by atoms with Gasteiger partial charge in [-0.05, 0) is 83.5 Å². The molecule has 0 aliphatic carbocycles. The molecule has 3 aromatic carbocycles. The van der Waals surface area contributed by atoms with Gasteiger partial charge in [0.2, 0.25) is 5.91 Å². The van der Waals surface area contributed by atoms with Gasteiger partial charge in [0.1, 0.15) is 30.0 Å². The Morgan fingerprint density at radius 3 is 2.61 bits per heavy atom. The predicted octanol–water partition coefficient (Wildman–Crippen LogP) is 6.88. The van der Waals surface area contributed by atoms with Gasteiger partial charge in [-0.1, -0.05) is 45.9 Å². The highest BCUT2D eigenvalue weighted by Crippen LogP contribution is 2.43. The minimum Gasteiger partial charge on any atom is -0.488 e. The Hall–Kier alpha value is -4.90. The number of aromatic nitrogens is 4.